The molecule has 0 saturated carbocycles. The first-order chi connectivity index (χ1) is 10.7. The minimum absolute atomic E-state index is 0. The molecule has 0 aliphatic heterocycles. The van der Waals surface area contributed by atoms with Crippen LogP contribution in [0.5, 0.6) is 0 Å². The van der Waals surface area contributed by atoms with Gasteiger partial charge < -0.3 is 15.2 Å². The van der Waals surface area contributed by atoms with Gasteiger partial charge in [0.05, 0.1) is 0 Å². The Labute approximate surface area is 161 Å². The maximum Gasteiger partial charge on any atom is 0.226 e. The second kappa shape index (κ2) is 13.9. The molecule has 2 N–H and O–H groups in total. The number of aromatic nitrogens is 2. The number of unbranched alkanes of at least 4 members (excludes halogenated alkanes) is 1. The summed E-state index contributed by atoms with van der Waals surface area (Å²) in [5.74, 6) is 3.88. The van der Waals surface area contributed by atoms with Gasteiger partial charge in [-0.05, 0) is 31.3 Å². The van der Waals surface area contributed by atoms with E-state index in [9.17, 15) is 0 Å². The third kappa shape index (κ3) is 10.1. The molecule has 1 aromatic rings. The van der Waals surface area contributed by atoms with E-state index in [-0.39, 0.29) is 24.0 Å². The summed E-state index contributed by atoms with van der Waals surface area (Å²) in [5.41, 5.74) is 0. The van der Waals surface area contributed by atoms with Gasteiger partial charge in [-0.3, -0.25) is 4.99 Å². The van der Waals surface area contributed by atoms with Crippen molar-refractivity contribution in [3.05, 3.63) is 11.7 Å². The van der Waals surface area contributed by atoms with Crippen molar-refractivity contribution < 1.29 is 4.52 Å². The number of halogens is 1. The Balaban J connectivity index is 0.00000484. The van der Waals surface area contributed by atoms with Crippen LogP contribution < -0.4 is 10.6 Å². The molecule has 0 fully saturated rings. The second-order valence-electron chi connectivity index (χ2n) is 5.43. The summed E-state index contributed by atoms with van der Waals surface area (Å²) >= 11 is 1.89. The van der Waals surface area contributed by atoms with Gasteiger partial charge in [-0.1, -0.05) is 19.0 Å². The van der Waals surface area contributed by atoms with E-state index in [1.165, 1.54) is 18.6 Å². The van der Waals surface area contributed by atoms with Crippen molar-refractivity contribution in [2.24, 2.45) is 4.99 Å². The number of guanidine groups is 1. The van der Waals surface area contributed by atoms with Gasteiger partial charge in [0.25, 0.3) is 0 Å². The standard InChI is InChI=1S/C15H29N5OS.HI/c1-12(2)14-19-13(21-20-14)8-7-10-18-15(16-3)17-9-5-6-11-22-4;/h12H,5-11H2,1-4H3,(H2,16,17,18);1H. The summed E-state index contributed by atoms with van der Waals surface area (Å²) in [4.78, 5) is 8.59. The maximum atomic E-state index is 5.23. The molecule has 0 bridgehead atoms. The number of hydrogen-bond acceptors (Lipinski definition) is 5. The Hall–Kier alpha value is -0.510. The molecule has 0 radical (unpaired) electrons. The molecule has 0 aliphatic rings. The SMILES string of the molecule is CN=C(NCCCCSC)NCCCc1nc(C(C)C)no1.I. The first-order valence-corrected chi connectivity index (χ1v) is 9.32. The fourth-order valence-corrected chi connectivity index (χ4v) is 2.34. The van der Waals surface area contributed by atoms with Gasteiger partial charge in [0.15, 0.2) is 11.8 Å². The largest absolute Gasteiger partial charge is 0.356 e. The normalized spacial score (nSPS) is 11.4. The molecular formula is C15H30IN5OS. The van der Waals surface area contributed by atoms with Crippen LogP contribution in [0, 0.1) is 0 Å². The number of thioether (sulfide) groups is 1. The van der Waals surface area contributed by atoms with E-state index >= 15 is 0 Å². The van der Waals surface area contributed by atoms with Crippen molar-refractivity contribution in [2.75, 3.05) is 32.1 Å². The van der Waals surface area contributed by atoms with Gasteiger partial charge in [0.2, 0.25) is 5.89 Å². The molecule has 1 heterocycles. The molecule has 6 nitrogen and oxygen atoms in total. The van der Waals surface area contributed by atoms with Crippen LogP contribution in [0.25, 0.3) is 0 Å². The van der Waals surface area contributed by atoms with Crippen LogP contribution in [-0.2, 0) is 6.42 Å². The minimum Gasteiger partial charge on any atom is -0.356 e. The van der Waals surface area contributed by atoms with E-state index in [1.54, 1.807) is 7.05 Å². The van der Waals surface area contributed by atoms with Crippen molar-refractivity contribution >= 4 is 41.7 Å². The first kappa shape index (κ1) is 22.5. The number of aliphatic imine (C=N–C) groups is 1. The fourth-order valence-electron chi connectivity index (χ4n) is 1.85. The Kier molecular flexibility index (Phi) is 13.6. The lowest BCUT2D eigenvalue weighted by atomic mass is 10.2. The molecule has 0 unspecified atom stereocenters. The Morgan fingerprint density at radius 2 is 1.91 bits per heavy atom. The van der Waals surface area contributed by atoms with E-state index in [1.807, 2.05) is 11.8 Å². The van der Waals surface area contributed by atoms with Crippen molar-refractivity contribution in [2.45, 2.75) is 45.4 Å². The summed E-state index contributed by atoms with van der Waals surface area (Å²) in [7, 11) is 1.80. The van der Waals surface area contributed by atoms with Crippen LogP contribution in [0.1, 0.15) is 50.7 Å². The summed E-state index contributed by atoms with van der Waals surface area (Å²) in [5, 5.41) is 10.6. The van der Waals surface area contributed by atoms with E-state index < -0.39 is 0 Å². The van der Waals surface area contributed by atoms with Crippen LogP contribution >= 0.6 is 35.7 Å². The van der Waals surface area contributed by atoms with Crippen molar-refractivity contribution in [1.29, 1.82) is 0 Å². The molecule has 1 rings (SSSR count). The average molecular weight is 455 g/mol. The highest BCUT2D eigenvalue weighted by molar-refractivity contribution is 14.0. The Morgan fingerprint density at radius 1 is 1.22 bits per heavy atom. The van der Waals surface area contributed by atoms with Gasteiger partial charge in [0, 0.05) is 32.5 Å². The van der Waals surface area contributed by atoms with Crippen LogP contribution in [0.2, 0.25) is 0 Å². The van der Waals surface area contributed by atoms with Crippen molar-refractivity contribution in [1.82, 2.24) is 20.8 Å². The van der Waals surface area contributed by atoms with Gasteiger partial charge in [0.1, 0.15) is 0 Å². The van der Waals surface area contributed by atoms with Crippen LogP contribution in [0.4, 0.5) is 0 Å². The zero-order chi connectivity index (χ0) is 16.2. The van der Waals surface area contributed by atoms with Crippen molar-refractivity contribution in [3.63, 3.8) is 0 Å². The maximum absolute atomic E-state index is 5.23. The molecule has 0 amide bonds. The van der Waals surface area contributed by atoms with Gasteiger partial charge >= 0.3 is 0 Å². The van der Waals surface area contributed by atoms with E-state index in [2.05, 4.69) is 45.9 Å². The van der Waals surface area contributed by atoms with Crippen LogP contribution in [0.3, 0.4) is 0 Å². The predicted molar refractivity (Wildman–Crippen MR) is 109 cm³/mol. The number of aryl methyl sites for hydroxylation is 1. The molecular weight excluding hydrogens is 425 g/mol. The third-order valence-corrected chi connectivity index (χ3v) is 3.85. The molecule has 23 heavy (non-hydrogen) atoms. The fraction of sp³-hybridized carbons (Fsp3) is 0.800. The summed E-state index contributed by atoms with van der Waals surface area (Å²) < 4.78 is 5.23. The van der Waals surface area contributed by atoms with E-state index in [0.29, 0.717) is 11.8 Å². The molecule has 0 spiro atoms. The van der Waals surface area contributed by atoms with Gasteiger partial charge in [-0.15, -0.1) is 24.0 Å². The third-order valence-electron chi connectivity index (χ3n) is 3.15. The molecule has 0 aromatic carbocycles. The molecule has 0 atom stereocenters. The monoisotopic (exact) mass is 455 g/mol. The van der Waals surface area contributed by atoms with Gasteiger partial charge in [-0.2, -0.15) is 16.7 Å². The predicted octanol–water partition coefficient (Wildman–Crippen LogP) is 3.05. The highest BCUT2D eigenvalue weighted by Gasteiger charge is 2.09. The zero-order valence-corrected chi connectivity index (χ0v) is 17.7. The molecule has 0 saturated heterocycles. The van der Waals surface area contributed by atoms with Crippen molar-refractivity contribution in [3.8, 4) is 0 Å². The minimum atomic E-state index is 0. The number of hydrogen-bond donors (Lipinski definition) is 2. The topological polar surface area (TPSA) is 75.3 Å². The molecule has 134 valence electrons. The first-order valence-electron chi connectivity index (χ1n) is 7.93. The highest BCUT2D eigenvalue weighted by atomic mass is 127. The number of nitrogens with zero attached hydrogens (tertiary/aromatic N) is 3. The number of rotatable bonds is 10. The summed E-state index contributed by atoms with van der Waals surface area (Å²) in [6.45, 7) is 5.92. The molecule has 0 aliphatic carbocycles. The lowest BCUT2D eigenvalue weighted by Crippen LogP contribution is -2.38. The quantitative estimate of drug-likeness (QED) is 0.245. The average Bonchev–Trinajstić information content (AvgIpc) is 2.98. The van der Waals surface area contributed by atoms with E-state index in [4.69, 9.17) is 4.52 Å². The van der Waals surface area contributed by atoms with E-state index in [0.717, 1.165) is 37.7 Å². The second-order valence-corrected chi connectivity index (χ2v) is 6.42. The van der Waals surface area contributed by atoms with Crippen LogP contribution in [0.15, 0.2) is 9.52 Å². The lowest BCUT2D eigenvalue weighted by Gasteiger charge is -2.11. The Morgan fingerprint density at radius 3 is 2.48 bits per heavy atom. The van der Waals surface area contributed by atoms with Crippen LogP contribution in [-0.4, -0.2) is 48.2 Å². The smallest absolute Gasteiger partial charge is 0.226 e. The Bertz CT molecular complexity index is 439. The zero-order valence-electron chi connectivity index (χ0n) is 14.6. The summed E-state index contributed by atoms with van der Waals surface area (Å²) in [6.07, 6.45) is 6.27. The number of nitrogens with one attached hydrogen (secondary N) is 2. The van der Waals surface area contributed by atoms with Gasteiger partial charge in [-0.25, -0.2) is 0 Å². The molecule has 8 heteroatoms. The summed E-state index contributed by atoms with van der Waals surface area (Å²) in [6, 6.07) is 0. The highest BCUT2D eigenvalue weighted by Crippen LogP contribution is 2.10. The molecule has 1 aromatic heterocycles. The lowest BCUT2D eigenvalue weighted by molar-refractivity contribution is 0.368.